The van der Waals surface area contributed by atoms with E-state index < -0.39 is 0 Å². The van der Waals surface area contributed by atoms with Crippen LogP contribution in [0.15, 0.2) is 58.8 Å². The first-order valence-corrected chi connectivity index (χ1v) is 9.05. The fourth-order valence-corrected chi connectivity index (χ4v) is 3.43. The molecule has 0 radical (unpaired) electrons. The summed E-state index contributed by atoms with van der Waals surface area (Å²) in [4.78, 5) is 13.5. The second-order valence-corrected chi connectivity index (χ2v) is 7.12. The molecule has 124 valence electrons. The molecule has 3 nitrogen and oxygen atoms in total. The van der Waals surface area contributed by atoms with Crippen LogP contribution in [0.4, 0.5) is 0 Å². The highest BCUT2D eigenvalue weighted by atomic mass is 35.5. The summed E-state index contributed by atoms with van der Waals surface area (Å²) < 4.78 is 7.24. The number of hydrogen-bond donors (Lipinski definition) is 0. The zero-order valence-electron chi connectivity index (χ0n) is 12.7. The van der Waals surface area contributed by atoms with Gasteiger partial charge in [0.1, 0.15) is 5.75 Å². The standard InChI is InChI=1S/C18H15Cl2NO2S/c19-14-4-3-13(17(20)10-14)12-21-7-5-15(11-18(21)22)23-8-6-16-2-1-9-24-16/h1-5,7,9-11H,6,8,12H2. The minimum atomic E-state index is -0.130. The third-order valence-corrected chi connectivity index (χ3v) is 5.04. The zero-order valence-corrected chi connectivity index (χ0v) is 15.1. The SMILES string of the molecule is O=c1cc(OCCc2cccs2)ccn1Cc1ccc(Cl)cc1Cl. The number of ether oxygens (including phenoxy) is 1. The molecule has 2 aromatic heterocycles. The van der Waals surface area contributed by atoms with E-state index in [1.807, 2.05) is 17.5 Å². The van der Waals surface area contributed by atoms with Crippen LogP contribution in [0, 0.1) is 0 Å². The maximum absolute atomic E-state index is 12.2. The average Bonchev–Trinajstić information content (AvgIpc) is 3.05. The zero-order chi connectivity index (χ0) is 16.9. The van der Waals surface area contributed by atoms with Crippen LogP contribution in [-0.2, 0) is 13.0 Å². The Labute approximate surface area is 154 Å². The summed E-state index contributed by atoms with van der Waals surface area (Å²) in [5.74, 6) is 0.579. The monoisotopic (exact) mass is 379 g/mol. The van der Waals surface area contributed by atoms with Crippen molar-refractivity contribution in [3.63, 3.8) is 0 Å². The highest BCUT2D eigenvalue weighted by molar-refractivity contribution is 7.09. The van der Waals surface area contributed by atoms with E-state index in [2.05, 4.69) is 6.07 Å². The fraction of sp³-hybridized carbons (Fsp3) is 0.167. The van der Waals surface area contributed by atoms with Crippen molar-refractivity contribution in [1.29, 1.82) is 0 Å². The Morgan fingerprint density at radius 3 is 2.71 bits per heavy atom. The molecular formula is C18H15Cl2NO2S. The summed E-state index contributed by atoms with van der Waals surface area (Å²) in [6, 6.07) is 12.6. The van der Waals surface area contributed by atoms with Crippen LogP contribution in [-0.4, -0.2) is 11.2 Å². The molecule has 3 aromatic rings. The molecule has 0 bridgehead atoms. The normalized spacial score (nSPS) is 10.8. The molecule has 0 aliphatic heterocycles. The predicted molar refractivity (Wildman–Crippen MR) is 99.8 cm³/mol. The first-order chi connectivity index (χ1) is 11.6. The van der Waals surface area contributed by atoms with Gasteiger partial charge in [0.05, 0.1) is 13.2 Å². The molecule has 0 saturated carbocycles. The van der Waals surface area contributed by atoms with E-state index in [1.165, 1.54) is 10.9 Å². The predicted octanol–water partition coefficient (Wildman–Crippen LogP) is 4.89. The van der Waals surface area contributed by atoms with E-state index in [-0.39, 0.29) is 5.56 Å². The second kappa shape index (κ2) is 7.88. The number of nitrogens with zero attached hydrogens (tertiary/aromatic N) is 1. The first kappa shape index (κ1) is 17.1. The molecule has 0 fully saturated rings. The number of benzene rings is 1. The highest BCUT2D eigenvalue weighted by Crippen LogP contribution is 2.21. The lowest BCUT2D eigenvalue weighted by Crippen LogP contribution is -2.19. The summed E-state index contributed by atoms with van der Waals surface area (Å²) >= 11 is 13.7. The number of halogens is 2. The third-order valence-electron chi connectivity index (χ3n) is 3.52. The molecule has 0 amide bonds. The molecule has 2 heterocycles. The van der Waals surface area contributed by atoms with Crippen molar-refractivity contribution < 1.29 is 4.74 Å². The lowest BCUT2D eigenvalue weighted by atomic mass is 10.2. The van der Waals surface area contributed by atoms with Crippen molar-refractivity contribution >= 4 is 34.5 Å². The van der Waals surface area contributed by atoms with Gasteiger partial charge in [-0.3, -0.25) is 4.79 Å². The van der Waals surface area contributed by atoms with Crippen LogP contribution < -0.4 is 10.3 Å². The lowest BCUT2D eigenvalue weighted by molar-refractivity contribution is 0.321. The third kappa shape index (κ3) is 4.41. The average molecular weight is 380 g/mol. The van der Waals surface area contributed by atoms with Crippen LogP contribution in [0.3, 0.4) is 0 Å². The molecule has 0 spiro atoms. The first-order valence-electron chi connectivity index (χ1n) is 7.41. The molecular weight excluding hydrogens is 365 g/mol. The number of thiophene rings is 1. The largest absolute Gasteiger partial charge is 0.493 e. The van der Waals surface area contributed by atoms with E-state index in [0.717, 1.165) is 12.0 Å². The molecule has 3 rings (SSSR count). The van der Waals surface area contributed by atoms with Gasteiger partial charge in [0, 0.05) is 33.6 Å². The summed E-state index contributed by atoms with van der Waals surface area (Å²) in [5.41, 5.74) is 0.712. The minimum Gasteiger partial charge on any atom is -0.493 e. The molecule has 0 atom stereocenters. The second-order valence-electron chi connectivity index (χ2n) is 5.24. The van der Waals surface area contributed by atoms with Crippen molar-refractivity contribution in [2.45, 2.75) is 13.0 Å². The molecule has 0 unspecified atom stereocenters. The van der Waals surface area contributed by atoms with E-state index in [1.54, 1.807) is 40.3 Å². The number of aromatic nitrogens is 1. The van der Waals surface area contributed by atoms with E-state index >= 15 is 0 Å². The minimum absolute atomic E-state index is 0.130. The number of rotatable bonds is 6. The molecule has 0 aliphatic carbocycles. The number of pyridine rings is 1. The summed E-state index contributed by atoms with van der Waals surface area (Å²) in [6.07, 6.45) is 2.55. The lowest BCUT2D eigenvalue weighted by Gasteiger charge is -2.10. The van der Waals surface area contributed by atoms with Gasteiger partial charge in [-0.1, -0.05) is 35.3 Å². The van der Waals surface area contributed by atoms with Crippen LogP contribution in [0.2, 0.25) is 10.0 Å². The Bertz CT molecular complexity index is 875. The van der Waals surface area contributed by atoms with Crippen molar-refractivity contribution in [3.05, 3.63) is 84.9 Å². The maximum atomic E-state index is 12.2. The van der Waals surface area contributed by atoms with Crippen molar-refractivity contribution in [2.24, 2.45) is 0 Å². The fourth-order valence-electron chi connectivity index (χ4n) is 2.27. The van der Waals surface area contributed by atoms with Crippen LogP contribution in [0.1, 0.15) is 10.4 Å². The maximum Gasteiger partial charge on any atom is 0.254 e. The smallest absolute Gasteiger partial charge is 0.254 e. The van der Waals surface area contributed by atoms with Crippen molar-refractivity contribution in [3.8, 4) is 5.75 Å². The Morgan fingerprint density at radius 1 is 1.12 bits per heavy atom. The van der Waals surface area contributed by atoms with Crippen LogP contribution in [0.25, 0.3) is 0 Å². The van der Waals surface area contributed by atoms with Crippen molar-refractivity contribution in [2.75, 3.05) is 6.61 Å². The van der Waals surface area contributed by atoms with Gasteiger partial charge in [-0.2, -0.15) is 0 Å². The van der Waals surface area contributed by atoms with E-state index in [9.17, 15) is 4.79 Å². The van der Waals surface area contributed by atoms with Crippen molar-refractivity contribution in [1.82, 2.24) is 4.57 Å². The topological polar surface area (TPSA) is 31.2 Å². The quantitative estimate of drug-likeness (QED) is 0.610. The summed E-state index contributed by atoms with van der Waals surface area (Å²) in [6.45, 7) is 0.942. The molecule has 1 aromatic carbocycles. The highest BCUT2D eigenvalue weighted by Gasteiger charge is 2.05. The van der Waals surface area contributed by atoms with Gasteiger partial charge in [0.2, 0.25) is 0 Å². The molecule has 0 aliphatic rings. The van der Waals surface area contributed by atoms with Gasteiger partial charge in [0.25, 0.3) is 5.56 Å². The molecule has 6 heteroatoms. The Morgan fingerprint density at radius 2 is 2.00 bits per heavy atom. The van der Waals surface area contributed by atoms with Gasteiger partial charge < -0.3 is 9.30 Å². The van der Waals surface area contributed by atoms with Gasteiger partial charge in [0.15, 0.2) is 0 Å². The summed E-state index contributed by atoms with van der Waals surface area (Å²) in [5, 5.41) is 3.16. The number of hydrogen-bond acceptors (Lipinski definition) is 3. The summed E-state index contributed by atoms with van der Waals surface area (Å²) in [7, 11) is 0. The molecule has 24 heavy (non-hydrogen) atoms. The molecule has 0 N–H and O–H groups in total. The van der Waals surface area contributed by atoms with E-state index in [4.69, 9.17) is 27.9 Å². The van der Waals surface area contributed by atoms with Crippen LogP contribution >= 0.6 is 34.5 Å². The van der Waals surface area contributed by atoms with Gasteiger partial charge in [-0.15, -0.1) is 11.3 Å². The van der Waals surface area contributed by atoms with E-state index in [0.29, 0.717) is 28.9 Å². The Balaban J connectivity index is 1.65. The molecule has 0 saturated heterocycles. The Kier molecular flexibility index (Phi) is 5.61. The van der Waals surface area contributed by atoms with Gasteiger partial charge >= 0.3 is 0 Å². The van der Waals surface area contributed by atoms with Gasteiger partial charge in [-0.25, -0.2) is 0 Å². The Hall–Kier alpha value is -1.75. The van der Waals surface area contributed by atoms with Crippen LogP contribution in [0.5, 0.6) is 5.75 Å². The van der Waals surface area contributed by atoms with Gasteiger partial charge in [-0.05, 0) is 35.2 Å².